The molecular formula is C18H30N4O. The number of anilines is 2. The molecule has 1 fully saturated rings. The Kier molecular flexibility index (Phi) is 5.32. The third-order valence-electron chi connectivity index (χ3n) is 4.98. The molecule has 5 heteroatoms. The zero-order valence-corrected chi connectivity index (χ0v) is 15.3. The van der Waals surface area contributed by atoms with Gasteiger partial charge in [-0.2, -0.15) is 0 Å². The number of nitrogens with zero attached hydrogens (tertiary/aromatic N) is 2. The van der Waals surface area contributed by atoms with Crippen molar-refractivity contribution in [3.05, 3.63) is 23.3 Å². The lowest BCUT2D eigenvalue weighted by Crippen LogP contribution is -2.59. The van der Waals surface area contributed by atoms with Crippen LogP contribution in [0.4, 0.5) is 11.4 Å². The van der Waals surface area contributed by atoms with E-state index in [1.807, 2.05) is 28.2 Å². The number of carbonyl (C=O) groups is 1. The average molecular weight is 318 g/mol. The molecule has 1 aliphatic rings. The van der Waals surface area contributed by atoms with Crippen LogP contribution in [-0.4, -0.2) is 57.6 Å². The molecule has 1 amide bonds. The van der Waals surface area contributed by atoms with Crippen molar-refractivity contribution in [2.45, 2.75) is 32.2 Å². The van der Waals surface area contributed by atoms with E-state index in [2.05, 4.69) is 46.4 Å². The van der Waals surface area contributed by atoms with E-state index in [0.717, 1.165) is 48.4 Å². The number of benzene rings is 1. The van der Waals surface area contributed by atoms with Crippen molar-refractivity contribution in [2.24, 2.45) is 0 Å². The lowest BCUT2D eigenvalue weighted by Gasteiger charge is -2.41. The molecule has 2 rings (SSSR count). The summed E-state index contributed by atoms with van der Waals surface area (Å²) in [6.07, 6.45) is 1.67. The third-order valence-corrected chi connectivity index (χ3v) is 4.98. The van der Waals surface area contributed by atoms with Gasteiger partial charge in [-0.15, -0.1) is 0 Å². The van der Waals surface area contributed by atoms with Gasteiger partial charge in [0.2, 0.25) is 5.91 Å². The number of aryl methyl sites for hydroxylation is 2. The van der Waals surface area contributed by atoms with Crippen molar-refractivity contribution in [3.63, 3.8) is 0 Å². The van der Waals surface area contributed by atoms with Gasteiger partial charge in [0.1, 0.15) is 5.54 Å². The average Bonchev–Trinajstić information content (AvgIpc) is 2.50. The van der Waals surface area contributed by atoms with Gasteiger partial charge in [0.25, 0.3) is 0 Å². The van der Waals surface area contributed by atoms with E-state index in [1.54, 1.807) is 0 Å². The minimum atomic E-state index is -0.426. The zero-order valence-electron chi connectivity index (χ0n) is 15.3. The van der Waals surface area contributed by atoms with Crippen molar-refractivity contribution in [1.82, 2.24) is 10.2 Å². The Balaban J connectivity index is 2.29. The number of hydrogen-bond donors (Lipinski definition) is 2. The Morgan fingerprint density at radius 2 is 1.61 bits per heavy atom. The van der Waals surface area contributed by atoms with Crippen LogP contribution in [0.15, 0.2) is 12.1 Å². The number of hydrogen-bond acceptors (Lipinski definition) is 4. The van der Waals surface area contributed by atoms with Crippen LogP contribution < -0.4 is 15.5 Å². The molecule has 1 aromatic rings. The monoisotopic (exact) mass is 318 g/mol. The topological polar surface area (TPSA) is 47.6 Å². The van der Waals surface area contributed by atoms with E-state index < -0.39 is 5.54 Å². The van der Waals surface area contributed by atoms with E-state index >= 15 is 0 Å². The fourth-order valence-electron chi connectivity index (χ4n) is 3.34. The molecule has 0 unspecified atom stereocenters. The number of likely N-dealkylation sites (N-methyl/N-ethyl adjacent to an activating group) is 1. The standard InChI is InChI=1S/C18H30N4O/c1-13-11-15(21(3)4)12-14(2)16(13)20-17(23)18(22(5)6)7-9-19-10-8-18/h11-12,19H,7-10H2,1-6H3,(H,20,23). The summed E-state index contributed by atoms with van der Waals surface area (Å²) in [7, 11) is 8.06. The maximum absolute atomic E-state index is 13.1. The van der Waals surface area contributed by atoms with Gasteiger partial charge in [-0.1, -0.05) is 0 Å². The Labute approximate surface area is 140 Å². The first-order valence-corrected chi connectivity index (χ1v) is 8.26. The maximum atomic E-state index is 13.1. The highest BCUT2D eigenvalue weighted by Gasteiger charge is 2.41. The SMILES string of the molecule is Cc1cc(N(C)C)cc(C)c1NC(=O)C1(N(C)C)CCNCC1. The second-order valence-corrected chi connectivity index (χ2v) is 6.98. The van der Waals surface area contributed by atoms with Crippen molar-refractivity contribution in [3.8, 4) is 0 Å². The smallest absolute Gasteiger partial charge is 0.244 e. The summed E-state index contributed by atoms with van der Waals surface area (Å²) in [5, 5.41) is 6.55. The van der Waals surface area contributed by atoms with Gasteiger partial charge in [0, 0.05) is 25.5 Å². The minimum Gasteiger partial charge on any atom is -0.378 e. The second-order valence-electron chi connectivity index (χ2n) is 6.98. The van der Waals surface area contributed by atoms with Crippen LogP contribution in [0.5, 0.6) is 0 Å². The van der Waals surface area contributed by atoms with Crippen LogP contribution in [0, 0.1) is 13.8 Å². The molecule has 1 heterocycles. The van der Waals surface area contributed by atoms with Gasteiger partial charge in [0.15, 0.2) is 0 Å². The largest absolute Gasteiger partial charge is 0.378 e. The van der Waals surface area contributed by atoms with Crippen molar-refractivity contribution in [1.29, 1.82) is 0 Å². The molecular weight excluding hydrogens is 288 g/mol. The van der Waals surface area contributed by atoms with Crippen LogP contribution in [0.3, 0.4) is 0 Å². The Hall–Kier alpha value is -1.59. The van der Waals surface area contributed by atoms with Crippen LogP contribution in [-0.2, 0) is 4.79 Å². The normalized spacial score (nSPS) is 17.2. The van der Waals surface area contributed by atoms with E-state index in [-0.39, 0.29) is 5.91 Å². The Bertz CT molecular complexity index is 551. The molecule has 1 saturated heterocycles. The third kappa shape index (κ3) is 3.51. The molecule has 0 atom stereocenters. The number of amides is 1. The van der Waals surface area contributed by atoms with Gasteiger partial charge >= 0.3 is 0 Å². The predicted molar refractivity (Wildman–Crippen MR) is 97.4 cm³/mol. The first kappa shape index (κ1) is 17.8. The summed E-state index contributed by atoms with van der Waals surface area (Å²) in [6.45, 7) is 5.87. The summed E-state index contributed by atoms with van der Waals surface area (Å²) in [5.41, 5.74) is 3.88. The maximum Gasteiger partial charge on any atom is 0.244 e. The minimum absolute atomic E-state index is 0.104. The summed E-state index contributed by atoms with van der Waals surface area (Å²) in [5.74, 6) is 0.104. The number of carbonyl (C=O) groups excluding carboxylic acids is 1. The van der Waals surface area contributed by atoms with Crippen molar-refractivity contribution < 1.29 is 4.79 Å². The number of piperidine rings is 1. The predicted octanol–water partition coefficient (Wildman–Crippen LogP) is 1.99. The fourth-order valence-corrected chi connectivity index (χ4v) is 3.34. The summed E-state index contributed by atoms with van der Waals surface area (Å²) < 4.78 is 0. The molecule has 0 aliphatic carbocycles. The summed E-state index contributed by atoms with van der Waals surface area (Å²) in [6, 6.07) is 4.24. The van der Waals surface area contributed by atoms with E-state index in [9.17, 15) is 4.79 Å². The summed E-state index contributed by atoms with van der Waals surface area (Å²) >= 11 is 0. The van der Waals surface area contributed by atoms with E-state index in [4.69, 9.17) is 0 Å². The number of rotatable bonds is 4. The van der Waals surface area contributed by atoms with Gasteiger partial charge < -0.3 is 15.5 Å². The summed E-state index contributed by atoms with van der Waals surface area (Å²) in [4.78, 5) is 17.2. The molecule has 128 valence electrons. The first-order valence-electron chi connectivity index (χ1n) is 8.26. The highest BCUT2D eigenvalue weighted by molar-refractivity contribution is 5.99. The highest BCUT2D eigenvalue weighted by atomic mass is 16.2. The molecule has 1 aliphatic heterocycles. The quantitative estimate of drug-likeness (QED) is 0.891. The van der Waals surface area contributed by atoms with Gasteiger partial charge in [-0.3, -0.25) is 9.69 Å². The van der Waals surface area contributed by atoms with E-state index in [1.165, 1.54) is 0 Å². The number of nitrogens with one attached hydrogen (secondary N) is 2. The molecule has 0 radical (unpaired) electrons. The lowest BCUT2D eigenvalue weighted by atomic mass is 9.85. The van der Waals surface area contributed by atoms with Gasteiger partial charge in [0.05, 0.1) is 0 Å². The van der Waals surface area contributed by atoms with E-state index in [0.29, 0.717) is 0 Å². The molecule has 0 bridgehead atoms. The molecule has 5 nitrogen and oxygen atoms in total. The van der Waals surface area contributed by atoms with Crippen molar-refractivity contribution >= 4 is 17.3 Å². The molecule has 0 saturated carbocycles. The zero-order chi connectivity index (χ0) is 17.2. The first-order chi connectivity index (χ1) is 10.8. The molecule has 2 N–H and O–H groups in total. The Morgan fingerprint density at radius 3 is 2.04 bits per heavy atom. The van der Waals surface area contributed by atoms with Crippen molar-refractivity contribution in [2.75, 3.05) is 51.5 Å². The van der Waals surface area contributed by atoms with Crippen LogP contribution >= 0.6 is 0 Å². The Morgan fingerprint density at radius 1 is 1.09 bits per heavy atom. The molecule has 0 spiro atoms. The lowest BCUT2D eigenvalue weighted by molar-refractivity contribution is -0.128. The molecule has 0 aromatic heterocycles. The van der Waals surface area contributed by atoms with Crippen LogP contribution in [0.2, 0.25) is 0 Å². The van der Waals surface area contributed by atoms with Crippen LogP contribution in [0.1, 0.15) is 24.0 Å². The molecule has 23 heavy (non-hydrogen) atoms. The molecule has 1 aromatic carbocycles. The van der Waals surface area contributed by atoms with Crippen LogP contribution in [0.25, 0.3) is 0 Å². The van der Waals surface area contributed by atoms with Gasteiger partial charge in [-0.25, -0.2) is 0 Å². The fraction of sp³-hybridized carbons (Fsp3) is 0.611. The second kappa shape index (κ2) is 6.89. The van der Waals surface area contributed by atoms with Gasteiger partial charge in [-0.05, 0) is 77.1 Å². The highest BCUT2D eigenvalue weighted by Crippen LogP contribution is 2.30.